The molecule has 1 aliphatic heterocycles. The van der Waals surface area contributed by atoms with Gasteiger partial charge in [-0.1, -0.05) is 0 Å². The predicted octanol–water partition coefficient (Wildman–Crippen LogP) is 2.79. The van der Waals surface area contributed by atoms with Gasteiger partial charge in [-0.05, 0) is 37.1 Å². The molecule has 0 radical (unpaired) electrons. The van der Waals surface area contributed by atoms with E-state index in [1.165, 1.54) is 12.8 Å². The molecule has 0 amide bonds. The van der Waals surface area contributed by atoms with Crippen molar-refractivity contribution in [3.63, 3.8) is 0 Å². The fraction of sp³-hybridized carbons (Fsp3) is 0.333. The van der Waals surface area contributed by atoms with Gasteiger partial charge in [-0.15, -0.1) is 0 Å². The largest absolute Gasteiger partial charge is 0.486 e. The lowest BCUT2D eigenvalue weighted by atomic mass is 10.1. The Hall–Kier alpha value is -2.10. The lowest BCUT2D eigenvalue weighted by Crippen LogP contribution is -2.15. The highest BCUT2D eigenvalue weighted by molar-refractivity contribution is 5.64. The van der Waals surface area contributed by atoms with E-state index in [0.29, 0.717) is 19.1 Å². The zero-order chi connectivity index (χ0) is 12.7. The maximum absolute atomic E-state index is 5.61. The van der Waals surface area contributed by atoms with E-state index in [2.05, 4.69) is 16.0 Å². The van der Waals surface area contributed by atoms with E-state index in [1.807, 2.05) is 18.2 Å². The van der Waals surface area contributed by atoms with Crippen LogP contribution in [-0.2, 0) is 0 Å². The summed E-state index contributed by atoms with van der Waals surface area (Å²) in [6.45, 7) is 1.22. The van der Waals surface area contributed by atoms with Gasteiger partial charge in [-0.3, -0.25) is 0 Å². The van der Waals surface area contributed by atoms with E-state index in [4.69, 9.17) is 9.47 Å². The maximum atomic E-state index is 5.61. The van der Waals surface area contributed by atoms with Crippen LogP contribution in [0.15, 0.2) is 30.6 Å². The molecule has 4 rings (SSSR count). The van der Waals surface area contributed by atoms with Crippen LogP contribution in [0, 0.1) is 0 Å². The highest BCUT2D eigenvalue weighted by Crippen LogP contribution is 2.40. The molecule has 2 aliphatic rings. The third-order valence-electron chi connectivity index (χ3n) is 3.52. The normalized spacial score (nSPS) is 17.3. The van der Waals surface area contributed by atoms with Gasteiger partial charge < -0.3 is 9.47 Å². The first-order valence-corrected chi connectivity index (χ1v) is 6.62. The van der Waals surface area contributed by atoms with Gasteiger partial charge in [0.2, 0.25) is 0 Å². The average molecular weight is 254 g/mol. The molecule has 1 aromatic heterocycles. The van der Waals surface area contributed by atoms with Crippen LogP contribution in [0.4, 0.5) is 0 Å². The number of hydrogen-bond donors (Lipinski definition) is 0. The summed E-state index contributed by atoms with van der Waals surface area (Å²) < 4.78 is 11.1. The molecule has 0 unspecified atom stereocenters. The quantitative estimate of drug-likeness (QED) is 0.826. The van der Waals surface area contributed by atoms with Gasteiger partial charge in [0, 0.05) is 17.2 Å². The fourth-order valence-corrected chi connectivity index (χ4v) is 2.34. The minimum absolute atomic E-state index is 0.605. The summed E-state index contributed by atoms with van der Waals surface area (Å²) >= 11 is 0. The molecule has 2 aromatic rings. The highest BCUT2D eigenvalue weighted by Gasteiger charge is 2.25. The standard InChI is InChI=1S/C15H14N2O2/c1-2-10(1)12-8-13(17-9-16-12)11-3-4-14-15(7-11)19-6-5-18-14/h3-4,7-10H,1-2,5-6H2. The second kappa shape index (κ2) is 4.23. The van der Waals surface area contributed by atoms with E-state index in [1.54, 1.807) is 6.33 Å². The Morgan fingerprint density at radius 1 is 0.947 bits per heavy atom. The minimum Gasteiger partial charge on any atom is -0.486 e. The third-order valence-corrected chi connectivity index (χ3v) is 3.52. The molecule has 1 aromatic carbocycles. The summed E-state index contributed by atoms with van der Waals surface area (Å²) in [7, 11) is 0. The molecular formula is C15H14N2O2. The van der Waals surface area contributed by atoms with Crippen molar-refractivity contribution in [3.8, 4) is 22.8 Å². The lowest BCUT2D eigenvalue weighted by Gasteiger charge is -2.18. The van der Waals surface area contributed by atoms with Crippen molar-refractivity contribution in [1.82, 2.24) is 9.97 Å². The highest BCUT2D eigenvalue weighted by atomic mass is 16.6. The number of rotatable bonds is 2. The van der Waals surface area contributed by atoms with Gasteiger partial charge in [-0.2, -0.15) is 0 Å². The van der Waals surface area contributed by atoms with Crippen LogP contribution in [0.1, 0.15) is 24.5 Å². The van der Waals surface area contributed by atoms with Crippen molar-refractivity contribution in [2.75, 3.05) is 13.2 Å². The van der Waals surface area contributed by atoms with E-state index < -0.39 is 0 Å². The Balaban J connectivity index is 1.73. The molecule has 1 aliphatic carbocycles. The zero-order valence-electron chi connectivity index (χ0n) is 10.5. The van der Waals surface area contributed by atoms with E-state index in [0.717, 1.165) is 28.5 Å². The molecule has 19 heavy (non-hydrogen) atoms. The molecule has 0 spiro atoms. The van der Waals surface area contributed by atoms with E-state index in [9.17, 15) is 0 Å². The number of benzene rings is 1. The van der Waals surface area contributed by atoms with Crippen LogP contribution in [0.3, 0.4) is 0 Å². The van der Waals surface area contributed by atoms with Crippen molar-refractivity contribution in [2.45, 2.75) is 18.8 Å². The molecule has 4 nitrogen and oxygen atoms in total. The van der Waals surface area contributed by atoms with E-state index >= 15 is 0 Å². The molecule has 1 saturated carbocycles. The molecule has 96 valence electrons. The monoisotopic (exact) mass is 254 g/mol. The van der Waals surface area contributed by atoms with Crippen LogP contribution >= 0.6 is 0 Å². The first kappa shape index (κ1) is 10.8. The molecule has 2 heterocycles. The zero-order valence-corrected chi connectivity index (χ0v) is 10.5. The summed E-state index contributed by atoms with van der Waals surface area (Å²) in [4.78, 5) is 8.71. The Kier molecular flexibility index (Phi) is 2.40. The van der Waals surface area contributed by atoms with E-state index in [-0.39, 0.29) is 0 Å². The van der Waals surface area contributed by atoms with Crippen molar-refractivity contribution in [1.29, 1.82) is 0 Å². The fourth-order valence-electron chi connectivity index (χ4n) is 2.34. The second-order valence-corrected chi connectivity index (χ2v) is 4.96. The van der Waals surface area contributed by atoms with Crippen molar-refractivity contribution >= 4 is 0 Å². The van der Waals surface area contributed by atoms with Gasteiger partial charge in [0.15, 0.2) is 11.5 Å². The summed E-state index contributed by atoms with van der Waals surface area (Å²) in [6.07, 6.45) is 4.15. The third kappa shape index (κ3) is 2.03. The summed E-state index contributed by atoms with van der Waals surface area (Å²) in [6, 6.07) is 8.05. The SMILES string of the molecule is c1nc(-c2ccc3c(c2)OCCO3)cc(C2CC2)n1. The molecule has 1 fully saturated rings. The van der Waals surface area contributed by atoms with Gasteiger partial charge in [0.25, 0.3) is 0 Å². The topological polar surface area (TPSA) is 44.2 Å². The Bertz CT molecular complexity index is 623. The summed E-state index contributed by atoms with van der Waals surface area (Å²) in [5.74, 6) is 2.25. The summed E-state index contributed by atoms with van der Waals surface area (Å²) in [5, 5.41) is 0. The molecule has 0 bridgehead atoms. The van der Waals surface area contributed by atoms with Crippen molar-refractivity contribution in [3.05, 3.63) is 36.3 Å². The molecular weight excluding hydrogens is 240 g/mol. The average Bonchev–Trinajstić information content (AvgIpc) is 3.32. The summed E-state index contributed by atoms with van der Waals surface area (Å²) in [5.41, 5.74) is 3.15. The van der Waals surface area contributed by atoms with Crippen LogP contribution in [0.2, 0.25) is 0 Å². The molecule has 4 heteroatoms. The number of aromatic nitrogens is 2. The first-order valence-electron chi connectivity index (χ1n) is 6.62. The molecule has 0 N–H and O–H groups in total. The number of nitrogens with zero attached hydrogens (tertiary/aromatic N) is 2. The van der Waals surface area contributed by atoms with Crippen LogP contribution < -0.4 is 9.47 Å². The smallest absolute Gasteiger partial charge is 0.162 e. The second-order valence-electron chi connectivity index (χ2n) is 4.96. The van der Waals surface area contributed by atoms with Crippen LogP contribution in [0.25, 0.3) is 11.3 Å². The molecule has 0 saturated heterocycles. The number of ether oxygens (including phenoxy) is 2. The van der Waals surface area contributed by atoms with Gasteiger partial charge in [0.05, 0.1) is 5.69 Å². The number of fused-ring (bicyclic) bond motifs is 1. The Labute approximate surface area is 111 Å². The van der Waals surface area contributed by atoms with Gasteiger partial charge >= 0.3 is 0 Å². The van der Waals surface area contributed by atoms with Crippen LogP contribution in [0.5, 0.6) is 11.5 Å². The first-order chi connectivity index (χ1) is 9.40. The minimum atomic E-state index is 0.605. The Morgan fingerprint density at radius 2 is 1.79 bits per heavy atom. The van der Waals surface area contributed by atoms with Crippen LogP contribution in [-0.4, -0.2) is 23.2 Å². The molecule has 0 atom stereocenters. The van der Waals surface area contributed by atoms with Crippen molar-refractivity contribution < 1.29 is 9.47 Å². The number of hydrogen-bond acceptors (Lipinski definition) is 4. The van der Waals surface area contributed by atoms with Crippen molar-refractivity contribution in [2.24, 2.45) is 0 Å². The lowest BCUT2D eigenvalue weighted by molar-refractivity contribution is 0.171. The van der Waals surface area contributed by atoms with Gasteiger partial charge in [-0.25, -0.2) is 9.97 Å². The Morgan fingerprint density at radius 3 is 2.63 bits per heavy atom. The maximum Gasteiger partial charge on any atom is 0.162 e. The van der Waals surface area contributed by atoms with Gasteiger partial charge in [0.1, 0.15) is 19.5 Å². The predicted molar refractivity (Wildman–Crippen MR) is 70.4 cm³/mol.